The van der Waals surface area contributed by atoms with E-state index >= 15 is 0 Å². The highest BCUT2D eigenvalue weighted by atomic mass is 32.2. The van der Waals surface area contributed by atoms with Gasteiger partial charge in [-0.15, -0.1) is 11.8 Å². The highest BCUT2D eigenvalue weighted by Crippen LogP contribution is 2.29. The molecule has 0 aliphatic rings. The van der Waals surface area contributed by atoms with Gasteiger partial charge in [-0.25, -0.2) is 4.39 Å². The van der Waals surface area contributed by atoms with Gasteiger partial charge in [0.05, 0.1) is 11.3 Å². The van der Waals surface area contributed by atoms with Crippen molar-refractivity contribution in [3.05, 3.63) is 77.2 Å². The van der Waals surface area contributed by atoms with Crippen LogP contribution in [0.25, 0.3) is 5.69 Å². The molecule has 6 nitrogen and oxygen atoms in total. The number of nitrogens with zero attached hydrogens (tertiary/aromatic N) is 2. The zero-order valence-electron chi connectivity index (χ0n) is 17.0. The first-order valence-corrected chi connectivity index (χ1v) is 10.4. The van der Waals surface area contributed by atoms with E-state index in [0.717, 1.165) is 16.9 Å². The highest BCUT2D eigenvalue weighted by Gasteiger charge is 2.21. The summed E-state index contributed by atoms with van der Waals surface area (Å²) in [6, 6.07) is 17.2. The van der Waals surface area contributed by atoms with E-state index in [4.69, 9.17) is 4.74 Å². The average molecular weight is 437 g/mol. The van der Waals surface area contributed by atoms with Crippen molar-refractivity contribution in [3.63, 3.8) is 0 Å². The molecular weight excluding hydrogens is 417 g/mol. The van der Waals surface area contributed by atoms with Crippen molar-refractivity contribution in [3.8, 4) is 11.8 Å². The lowest BCUT2D eigenvalue weighted by atomic mass is 10.2. The number of benzene rings is 2. The van der Waals surface area contributed by atoms with Gasteiger partial charge in [0.15, 0.2) is 6.61 Å². The third-order valence-corrected chi connectivity index (χ3v) is 5.62. The van der Waals surface area contributed by atoms with E-state index in [0.29, 0.717) is 16.3 Å². The number of hydrogen-bond donors (Lipinski definition) is 1. The van der Waals surface area contributed by atoms with Crippen LogP contribution in [0.3, 0.4) is 0 Å². The lowest BCUT2D eigenvalue weighted by molar-refractivity contribution is -0.144. The quantitative estimate of drug-likeness (QED) is 0.438. The fourth-order valence-corrected chi connectivity index (χ4v) is 3.69. The van der Waals surface area contributed by atoms with Gasteiger partial charge in [-0.2, -0.15) is 5.26 Å². The first-order chi connectivity index (χ1) is 14.9. The van der Waals surface area contributed by atoms with Crippen LogP contribution < -0.4 is 5.32 Å². The number of esters is 1. The topological polar surface area (TPSA) is 84.1 Å². The zero-order chi connectivity index (χ0) is 22.4. The maximum Gasteiger partial charge on any atom is 0.316 e. The molecule has 31 heavy (non-hydrogen) atoms. The van der Waals surface area contributed by atoms with Gasteiger partial charge in [0.25, 0.3) is 5.91 Å². The maximum absolute atomic E-state index is 12.9. The number of para-hydroxylation sites is 1. The molecule has 0 aliphatic heterocycles. The summed E-state index contributed by atoms with van der Waals surface area (Å²) in [7, 11) is 0. The van der Waals surface area contributed by atoms with Crippen LogP contribution in [0.5, 0.6) is 0 Å². The molecule has 3 rings (SSSR count). The number of halogens is 1. The molecular formula is C23H20FN3O3S. The number of nitrogens with one attached hydrogen (secondary N) is 1. The predicted octanol–water partition coefficient (Wildman–Crippen LogP) is 4.38. The Labute approximate surface area is 183 Å². The lowest BCUT2D eigenvalue weighted by Gasteiger charge is -2.13. The Morgan fingerprint density at radius 3 is 2.45 bits per heavy atom. The van der Waals surface area contributed by atoms with Gasteiger partial charge in [-0.1, -0.05) is 18.2 Å². The minimum absolute atomic E-state index is 0.0129. The minimum atomic E-state index is -0.573. The molecule has 0 unspecified atom stereocenters. The van der Waals surface area contributed by atoms with E-state index in [1.165, 1.54) is 23.9 Å². The SMILES string of the molecule is Cc1c(C#N)c(NC(=O)COC(=O)CSc2ccc(F)cc2)n(-c2ccccc2)c1C. The summed E-state index contributed by atoms with van der Waals surface area (Å²) >= 11 is 1.18. The first kappa shape index (κ1) is 22.1. The summed E-state index contributed by atoms with van der Waals surface area (Å²) < 4.78 is 19.8. The molecule has 8 heteroatoms. The molecule has 0 saturated heterocycles. The van der Waals surface area contributed by atoms with Crippen LogP contribution in [0.2, 0.25) is 0 Å². The number of amides is 1. The number of ether oxygens (including phenoxy) is 1. The van der Waals surface area contributed by atoms with Gasteiger partial charge in [0.2, 0.25) is 0 Å². The number of hydrogen-bond acceptors (Lipinski definition) is 5. The Morgan fingerprint density at radius 2 is 1.81 bits per heavy atom. The highest BCUT2D eigenvalue weighted by molar-refractivity contribution is 8.00. The van der Waals surface area contributed by atoms with Crippen molar-refractivity contribution in [2.24, 2.45) is 0 Å². The Kier molecular flexibility index (Phi) is 7.11. The van der Waals surface area contributed by atoms with Crippen molar-refractivity contribution in [2.75, 3.05) is 17.7 Å². The Hall–Kier alpha value is -3.57. The van der Waals surface area contributed by atoms with Crippen molar-refractivity contribution < 1.29 is 18.7 Å². The predicted molar refractivity (Wildman–Crippen MR) is 117 cm³/mol. The molecule has 0 radical (unpaired) electrons. The van der Waals surface area contributed by atoms with Crippen LogP contribution in [0.15, 0.2) is 59.5 Å². The van der Waals surface area contributed by atoms with Gasteiger partial charge in [0, 0.05) is 16.3 Å². The third-order valence-electron chi connectivity index (χ3n) is 4.63. The van der Waals surface area contributed by atoms with Gasteiger partial charge < -0.3 is 10.1 Å². The van der Waals surface area contributed by atoms with Crippen LogP contribution >= 0.6 is 11.8 Å². The van der Waals surface area contributed by atoms with E-state index in [9.17, 15) is 19.2 Å². The molecule has 1 amide bonds. The van der Waals surface area contributed by atoms with Crippen molar-refractivity contribution in [2.45, 2.75) is 18.7 Å². The van der Waals surface area contributed by atoms with Crippen molar-refractivity contribution in [1.82, 2.24) is 4.57 Å². The zero-order valence-corrected chi connectivity index (χ0v) is 17.8. The summed E-state index contributed by atoms with van der Waals surface area (Å²) in [4.78, 5) is 25.1. The number of nitriles is 1. The molecule has 0 aliphatic carbocycles. The third kappa shape index (κ3) is 5.32. The molecule has 1 N–H and O–H groups in total. The van der Waals surface area contributed by atoms with Crippen LogP contribution in [0, 0.1) is 31.0 Å². The van der Waals surface area contributed by atoms with Gasteiger partial charge in [-0.3, -0.25) is 14.2 Å². The summed E-state index contributed by atoms with van der Waals surface area (Å²) in [5.41, 5.74) is 2.74. The summed E-state index contributed by atoms with van der Waals surface area (Å²) in [6.45, 7) is 3.20. The molecule has 0 spiro atoms. The van der Waals surface area contributed by atoms with Gasteiger partial charge in [0.1, 0.15) is 17.7 Å². The fraction of sp³-hybridized carbons (Fsp3) is 0.174. The number of carbonyl (C=O) groups is 2. The molecule has 0 bridgehead atoms. The molecule has 0 fully saturated rings. The summed E-state index contributed by atoms with van der Waals surface area (Å²) in [5.74, 6) is -1.15. The minimum Gasteiger partial charge on any atom is -0.455 e. The van der Waals surface area contributed by atoms with Gasteiger partial charge in [-0.05, 0) is 55.8 Å². The standard InChI is InChI=1S/C23H20FN3O3S/c1-15-16(2)27(18-6-4-3-5-7-18)23(20(15)12-25)26-21(28)13-30-22(29)14-31-19-10-8-17(24)9-11-19/h3-11H,13-14H2,1-2H3,(H,26,28). The van der Waals surface area contributed by atoms with E-state index in [1.54, 1.807) is 16.7 Å². The molecule has 1 heterocycles. The van der Waals surface area contributed by atoms with E-state index in [-0.39, 0.29) is 11.6 Å². The average Bonchev–Trinajstić information content (AvgIpc) is 3.01. The lowest BCUT2D eigenvalue weighted by Crippen LogP contribution is -2.23. The van der Waals surface area contributed by atoms with E-state index in [2.05, 4.69) is 11.4 Å². The number of rotatable bonds is 7. The largest absolute Gasteiger partial charge is 0.455 e. The smallest absolute Gasteiger partial charge is 0.316 e. The van der Waals surface area contributed by atoms with Crippen LogP contribution in [-0.4, -0.2) is 28.8 Å². The van der Waals surface area contributed by atoms with Crippen molar-refractivity contribution >= 4 is 29.5 Å². The maximum atomic E-state index is 12.9. The Bertz CT molecular complexity index is 1140. The van der Waals surface area contributed by atoms with Crippen molar-refractivity contribution in [1.29, 1.82) is 5.26 Å². The molecule has 0 atom stereocenters. The monoisotopic (exact) mass is 437 g/mol. The number of aromatic nitrogens is 1. The van der Waals surface area contributed by atoms with Gasteiger partial charge >= 0.3 is 5.97 Å². The fourth-order valence-electron chi connectivity index (χ4n) is 2.99. The van der Waals surface area contributed by atoms with E-state index < -0.39 is 18.5 Å². The molecule has 3 aromatic rings. The first-order valence-electron chi connectivity index (χ1n) is 9.42. The normalized spacial score (nSPS) is 10.4. The molecule has 2 aromatic carbocycles. The second-order valence-corrected chi connectivity index (χ2v) is 7.72. The molecule has 158 valence electrons. The molecule has 0 saturated carbocycles. The van der Waals surface area contributed by atoms with E-state index in [1.807, 2.05) is 44.2 Å². The number of carbonyl (C=O) groups excluding carboxylic acids is 2. The second-order valence-electron chi connectivity index (χ2n) is 6.67. The number of thioether (sulfide) groups is 1. The Balaban J connectivity index is 1.65. The molecule has 1 aromatic heterocycles. The van der Waals surface area contributed by atoms with Crippen LogP contribution in [0.4, 0.5) is 10.2 Å². The Morgan fingerprint density at radius 1 is 1.13 bits per heavy atom. The van der Waals surface area contributed by atoms with Crippen LogP contribution in [-0.2, 0) is 14.3 Å². The summed E-state index contributed by atoms with van der Waals surface area (Å²) in [5, 5.41) is 12.3. The van der Waals surface area contributed by atoms with Crippen LogP contribution in [0.1, 0.15) is 16.8 Å². The number of anilines is 1. The summed E-state index contributed by atoms with van der Waals surface area (Å²) in [6.07, 6.45) is 0. The second kappa shape index (κ2) is 9.96.